The molecular formula is C6H14NO2. The molecular weight excluding hydrogens is 118 g/mol. The first-order chi connectivity index (χ1) is 3.95. The third-order valence-corrected chi connectivity index (χ3v) is 0.634. The van der Waals surface area contributed by atoms with Gasteiger partial charge in [0.15, 0.2) is 0 Å². The van der Waals surface area contributed by atoms with Gasteiger partial charge in [-0.25, -0.2) is 0 Å². The van der Waals surface area contributed by atoms with Crippen molar-refractivity contribution in [3.05, 3.63) is 0 Å². The van der Waals surface area contributed by atoms with Crippen LogP contribution in [-0.4, -0.2) is 17.4 Å². The van der Waals surface area contributed by atoms with E-state index in [0.717, 1.165) is 0 Å². The lowest BCUT2D eigenvalue weighted by Gasteiger charge is -2.21. The van der Waals surface area contributed by atoms with Gasteiger partial charge in [-0.15, -0.1) is 0 Å². The number of hydrogen-bond donors (Lipinski definition) is 0. The van der Waals surface area contributed by atoms with Gasteiger partial charge in [-0.05, 0) is 32.9 Å². The lowest BCUT2D eigenvalue weighted by atomic mass is 10.2. The summed E-state index contributed by atoms with van der Waals surface area (Å²) in [5, 5.41) is 11.1. The molecule has 0 aromatic carbocycles. The summed E-state index contributed by atoms with van der Waals surface area (Å²) in [6.45, 7) is 7.64. The Morgan fingerprint density at radius 1 is 1.44 bits per heavy atom. The molecule has 9 heavy (non-hydrogen) atoms. The molecule has 0 rings (SSSR count). The molecule has 3 heteroatoms. The van der Waals surface area contributed by atoms with Crippen LogP contribution in [0.4, 0.5) is 0 Å². The maximum absolute atomic E-state index is 10.5. The van der Waals surface area contributed by atoms with Crippen molar-refractivity contribution >= 4 is 0 Å². The average molecular weight is 132 g/mol. The molecule has 0 fully saturated rings. The van der Waals surface area contributed by atoms with E-state index < -0.39 is 0 Å². The molecule has 0 spiro atoms. The fourth-order valence-electron chi connectivity index (χ4n) is 0.370. The summed E-state index contributed by atoms with van der Waals surface area (Å²) in [7, 11) is 0. The quantitative estimate of drug-likeness (QED) is 0.532. The third-order valence-electron chi connectivity index (χ3n) is 0.634. The van der Waals surface area contributed by atoms with Crippen LogP contribution in [0.2, 0.25) is 0 Å². The molecule has 0 amide bonds. The topological polar surface area (TPSA) is 32.4 Å². The van der Waals surface area contributed by atoms with Crippen LogP contribution >= 0.6 is 0 Å². The minimum atomic E-state index is -0.363. The van der Waals surface area contributed by atoms with E-state index >= 15 is 0 Å². The smallest absolute Gasteiger partial charge is 0.0843 e. The molecule has 0 saturated carbocycles. The van der Waals surface area contributed by atoms with E-state index in [9.17, 15) is 5.21 Å². The van der Waals surface area contributed by atoms with Crippen molar-refractivity contribution in [1.82, 2.24) is 5.23 Å². The predicted octanol–water partition coefficient (Wildman–Crippen LogP) is 1.38. The Balaban J connectivity index is 3.47. The van der Waals surface area contributed by atoms with Gasteiger partial charge < -0.3 is 0 Å². The Bertz CT molecular complexity index is 77.6. The zero-order valence-electron chi connectivity index (χ0n) is 6.47. The average Bonchev–Trinajstić information content (AvgIpc) is 1.62. The zero-order valence-corrected chi connectivity index (χ0v) is 6.47. The van der Waals surface area contributed by atoms with Gasteiger partial charge in [0.1, 0.15) is 0 Å². The zero-order chi connectivity index (χ0) is 7.49. The Kier molecular flexibility index (Phi) is 3.11. The van der Waals surface area contributed by atoms with Crippen LogP contribution in [0.25, 0.3) is 0 Å². The van der Waals surface area contributed by atoms with Crippen LogP contribution in [0.5, 0.6) is 0 Å². The minimum absolute atomic E-state index is 0.363. The first-order valence-electron chi connectivity index (χ1n) is 3.09. The summed E-state index contributed by atoms with van der Waals surface area (Å²) in [6.07, 6.45) is 0. The van der Waals surface area contributed by atoms with Gasteiger partial charge in [-0.1, -0.05) is 5.21 Å². The Hall–Kier alpha value is -0.120. The van der Waals surface area contributed by atoms with E-state index in [0.29, 0.717) is 11.8 Å². The lowest BCUT2D eigenvalue weighted by molar-refractivity contribution is -0.408. The van der Waals surface area contributed by atoms with Crippen LogP contribution in [0.15, 0.2) is 0 Å². The van der Waals surface area contributed by atoms with Gasteiger partial charge in [0.05, 0.1) is 12.1 Å². The highest BCUT2D eigenvalue weighted by molar-refractivity contribution is 4.55. The molecule has 0 aromatic rings. The second kappa shape index (κ2) is 3.15. The van der Waals surface area contributed by atoms with Crippen LogP contribution in [0.3, 0.4) is 0 Å². The molecule has 0 N–H and O–H groups in total. The van der Waals surface area contributed by atoms with Gasteiger partial charge in [0.25, 0.3) is 0 Å². The second-order valence-corrected chi connectivity index (χ2v) is 2.85. The van der Waals surface area contributed by atoms with Gasteiger partial charge in [-0.2, -0.15) is 0 Å². The molecule has 3 nitrogen and oxygen atoms in total. The fourth-order valence-corrected chi connectivity index (χ4v) is 0.370. The van der Waals surface area contributed by atoms with Gasteiger partial charge in [-0.3, -0.25) is 4.84 Å². The van der Waals surface area contributed by atoms with Crippen molar-refractivity contribution < 1.29 is 10.0 Å². The molecule has 0 atom stereocenters. The molecule has 0 bridgehead atoms. The van der Waals surface area contributed by atoms with Crippen LogP contribution in [0, 0.1) is 0 Å². The Morgan fingerprint density at radius 3 is 2.00 bits per heavy atom. The molecule has 0 aliphatic carbocycles. The van der Waals surface area contributed by atoms with Crippen molar-refractivity contribution in [2.45, 2.75) is 33.3 Å². The monoisotopic (exact) mass is 132 g/mol. The fraction of sp³-hybridized carbons (Fsp3) is 1.00. The summed E-state index contributed by atoms with van der Waals surface area (Å²) in [5.41, 5.74) is -0.363. The number of hydrogen-bond acceptors (Lipinski definition) is 2. The van der Waals surface area contributed by atoms with Gasteiger partial charge in [0, 0.05) is 0 Å². The van der Waals surface area contributed by atoms with Gasteiger partial charge in [0.2, 0.25) is 0 Å². The highest BCUT2D eigenvalue weighted by atomic mass is 16.9. The van der Waals surface area contributed by atoms with E-state index in [1.165, 1.54) is 0 Å². The van der Waals surface area contributed by atoms with E-state index in [-0.39, 0.29) is 5.60 Å². The molecule has 0 unspecified atom stereocenters. The summed E-state index contributed by atoms with van der Waals surface area (Å²) < 4.78 is 0. The van der Waals surface area contributed by atoms with Crippen LogP contribution in [0.1, 0.15) is 27.7 Å². The Labute approximate surface area is 56.1 Å². The van der Waals surface area contributed by atoms with Crippen molar-refractivity contribution in [3.63, 3.8) is 0 Å². The third kappa shape index (κ3) is 5.76. The van der Waals surface area contributed by atoms with Crippen LogP contribution in [-0.2, 0) is 10.0 Å². The molecule has 55 valence electrons. The van der Waals surface area contributed by atoms with Crippen LogP contribution < -0.4 is 0 Å². The molecule has 1 radical (unpaired) electrons. The number of hydroxylamine groups is 2. The Morgan fingerprint density at radius 2 is 1.89 bits per heavy atom. The predicted molar refractivity (Wildman–Crippen MR) is 33.9 cm³/mol. The van der Waals surface area contributed by atoms with E-state index in [4.69, 9.17) is 4.84 Å². The summed E-state index contributed by atoms with van der Waals surface area (Å²) in [6, 6.07) is 0. The van der Waals surface area contributed by atoms with Crippen molar-refractivity contribution in [2.75, 3.05) is 6.54 Å². The first-order valence-corrected chi connectivity index (χ1v) is 3.09. The van der Waals surface area contributed by atoms with Gasteiger partial charge >= 0.3 is 0 Å². The lowest BCUT2D eigenvalue weighted by Crippen LogP contribution is -2.30. The van der Waals surface area contributed by atoms with Crippen molar-refractivity contribution in [3.8, 4) is 0 Å². The normalized spacial score (nSPS) is 12.7. The SMILES string of the molecule is CCN([O])OC(C)(C)C. The summed E-state index contributed by atoms with van der Waals surface area (Å²) in [5.74, 6) is 0. The molecule has 0 aromatic heterocycles. The second-order valence-electron chi connectivity index (χ2n) is 2.85. The standard InChI is InChI=1S/C6H14NO2/c1-5-7(8)9-6(2,3)4/h5H2,1-4H3. The molecule has 0 aliphatic rings. The van der Waals surface area contributed by atoms with E-state index in [1.54, 1.807) is 6.92 Å². The summed E-state index contributed by atoms with van der Waals surface area (Å²) in [4.78, 5) is 4.86. The summed E-state index contributed by atoms with van der Waals surface area (Å²) >= 11 is 0. The van der Waals surface area contributed by atoms with Crippen molar-refractivity contribution in [2.24, 2.45) is 0 Å². The number of rotatable bonds is 2. The largest absolute Gasteiger partial charge is 0.266 e. The molecule has 0 aliphatic heterocycles. The maximum Gasteiger partial charge on any atom is 0.0843 e. The maximum atomic E-state index is 10.5. The number of nitrogens with zero attached hydrogens (tertiary/aromatic N) is 1. The first kappa shape index (κ1) is 8.88. The molecule has 0 saturated heterocycles. The van der Waals surface area contributed by atoms with E-state index in [1.807, 2.05) is 20.8 Å². The highest BCUT2D eigenvalue weighted by Crippen LogP contribution is 2.07. The highest BCUT2D eigenvalue weighted by Gasteiger charge is 2.14. The van der Waals surface area contributed by atoms with E-state index in [2.05, 4.69) is 0 Å². The molecule has 0 heterocycles. The minimum Gasteiger partial charge on any atom is -0.266 e. The van der Waals surface area contributed by atoms with Crippen molar-refractivity contribution in [1.29, 1.82) is 0 Å².